The third kappa shape index (κ3) is 2.82. The van der Waals surface area contributed by atoms with Gasteiger partial charge in [0.05, 0.1) is 0 Å². The highest BCUT2D eigenvalue weighted by Gasteiger charge is 2.15. The van der Waals surface area contributed by atoms with Crippen molar-refractivity contribution < 1.29 is 14.6 Å². The molecule has 2 aromatic carbocycles. The third-order valence-electron chi connectivity index (χ3n) is 2.89. The highest BCUT2D eigenvalue weighted by Crippen LogP contribution is 2.35. The number of rotatable bonds is 2. The maximum absolute atomic E-state index is 7.68. The lowest BCUT2D eigenvalue weighted by Gasteiger charge is -1.98. The van der Waals surface area contributed by atoms with Crippen molar-refractivity contribution in [2.24, 2.45) is 0 Å². The Hall–Kier alpha value is -1.55. The molecule has 0 atom stereocenters. The van der Waals surface area contributed by atoms with Crippen LogP contribution in [0.4, 0.5) is 0 Å². The molecule has 5 heteroatoms. The average molecular weight is 240 g/mol. The first-order valence-corrected chi connectivity index (χ1v) is 5.82. The lowest BCUT2D eigenvalue weighted by Crippen LogP contribution is -2.00. The lowest BCUT2D eigenvalue weighted by atomic mass is 10.1. The van der Waals surface area contributed by atoms with Gasteiger partial charge in [-0.15, -0.1) is 0 Å². The van der Waals surface area contributed by atoms with Gasteiger partial charge >= 0.3 is 15.4 Å². The van der Waals surface area contributed by atoms with Gasteiger partial charge < -0.3 is 14.6 Å². The van der Waals surface area contributed by atoms with Gasteiger partial charge in [0.2, 0.25) is 0 Å². The second kappa shape index (κ2) is 6.40. The molecule has 90 valence electrons. The topological polar surface area (TPSA) is 49.7 Å². The van der Waals surface area contributed by atoms with Gasteiger partial charge in [-0.2, -0.15) is 0 Å². The van der Waals surface area contributed by atoms with Gasteiger partial charge in [-0.25, -0.2) is 0 Å². The molecule has 3 nitrogen and oxygen atoms in total. The summed E-state index contributed by atoms with van der Waals surface area (Å²) in [6.45, 7) is 0. The number of fused-ring (bicyclic) bond motifs is 3. The predicted molar refractivity (Wildman–Crippen MR) is 74.5 cm³/mol. The summed E-state index contributed by atoms with van der Waals surface area (Å²) in [7, 11) is -0.812. The fraction of sp³-hybridized carbons (Fsp3) is 0.0769. The van der Waals surface area contributed by atoms with Crippen LogP contribution in [0.2, 0.25) is 0 Å². The first-order chi connectivity index (χ1) is 8.86. The van der Waals surface area contributed by atoms with Crippen LogP contribution in [0.3, 0.4) is 0 Å². The van der Waals surface area contributed by atoms with E-state index in [9.17, 15) is 0 Å². The zero-order chi connectivity index (χ0) is 12.8. The average Bonchev–Trinajstić information content (AvgIpc) is 2.79. The van der Waals surface area contributed by atoms with E-state index in [1.165, 1.54) is 22.3 Å². The van der Waals surface area contributed by atoms with E-state index in [1.807, 2.05) is 0 Å². The van der Waals surface area contributed by atoms with Crippen LogP contribution in [-0.2, 0) is 11.0 Å². The van der Waals surface area contributed by atoms with Gasteiger partial charge in [-0.1, -0.05) is 48.5 Å². The quantitative estimate of drug-likeness (QED) is 0.650. The minimum atomic E-state index is -0.406. The van der Waals surface area contributed by atoms with E-state index in [4.69, 9.17) is 10.0 Å². The summed E-state index contributed by atoms with van der Waals surface area (Å²) in [6, 6.07) is 17.3. The molecule has 0 saturated heterocycles. The summed E-state index contributed by atoms with van der Waals surface area (Å²) >= 11 is 0. The molecule has 1 aliphatic carbocycles. The summed E-state index contributed by atoms with van der Waals surface area (Å²) in [5, 5.41) is 15.4. The molecule has 0 radical (unpaired) electrons. The van der Waals surface area contributed by atoms with E-state index in [-0.39, 0.29) is 0 Å². The number of hydrogen-bond acceptors (Lipinski definition) is 3. The van der Waals surface area contributed by atoms with Crippen LogP contribution in [-0.4, -0.2) is 25.4 Å². The van der Waals surface area contributed by atoms with Crippen molar-refractivity contribution in [1.29, 1.82) is 0 Å². The second-order valence-corrected chi connectivity index (χ2v) is 3.95. The third-order valence-corrected chi connectivity index (χ3v) is 2.89. The van der Waals surface area contributed by atoms with Crippen molar-refractivity contribution in [3.63, 3.8) is 0 Å². The van der Waals surface area contributed by atoms with Gasteiger partial charge in [0.15, 0.2) is 0 Å². The van der Waals surface area contributed by atoms with Crippen molar-refractivity contribution in [2.75, 3.05) is 0 Å². The monoisotopic (exact) mass is 240 g/mol. The molecule has 0 fully saturated rings. The first-order valence-electron chi connectivity index (χ1n) is 5.82. The Morgan fingerprint density at radius 3 is 1.61 bits per heavy atom. The molecule has 18 heavy (non-hydrogen) atoms. The Morgan fingerprint density at radius 2 is 1.22 bits per heavy atom. The Bertz CT molecular complexity index is 472. The highest BCUT2D eigenvalue weighted by molar-refractivity contribution is 6.32. The molecule has 0 amide bonds. The van der Waals surface area contributed by atoms with Gasteiger partial charge in [0.25, 0.3) is 0 Å². The summed E-state index contributed by atoms with van der Waals surface area (Å²) in [5.41, 5.74) is 5.75. The summed E-state index contributed by atoms with van der Waals surface area (Å²) in [6.07, 6.45) is 1.10. The minimum Gasteiger partial charge on any atom is -0.457 e. The largest absolute Gasteiger partial charge is 0.457 e. The second-order valence-electron chi connectivity index (χ2n) is 3.95. The van der Waals surface area contributed by atoms with Crippen LogP contribution < -0.4 is 0 Å². The molecular weight excluding hydrogens is 226 g/mol. The normalized spacial score (nSPS) is 10.8. The van der Waals surface area contributed by atoms with Gasteiger partial charge in [0.1, 0.15) is 0 Å². The van der Waals surface area contributed by atoms with E-state index in [2.05, 4.69) is 53.1 Å². The maximum Gasteiger partial charge on any atom is 0.421 e. The van der Waals surface area contributed by atoms with E-state index in [0.29, 0.717) is 0 Å². The van der Waals surface area contributed by atoms with Crippen LogP contribution in [0.15, 0.2) is 48.5 Å². The van der Waals surface area contributed by atoms with E-state index in [0.717, 1.165) is 6.42 Å². The molecule has 0 spiro atoms. The summed E-state index contributed by atoms with van der Waals surface area (Å²) in [5.74, 6) is 0. The molecule has 0 heterocycles. The van der Waals surface area contributed by atoms with Crippen molar-refractivity contribution >= 4 is 15.4 Å². The van der Waals surface area contributed by atoms with Crippen molar-refractivity contribution in [3.05, 3.63) is 59.7 Å². The summed E-state index contributed by atoms with van der Waals surface area (Å²) in [4.78, 5) is 0. The zero-order valence-corrected chi connectivity index (χ0v) is 10.0. The van der Waals surface area contributed by atoms with E-state index >= 15 is 0 Å². The molecule has 2 N–H and O–H groups in total. The van der Waals surface area contributed by atoms with Crippen LogP contribution in [0.1, 0.15) is 11.1 Å². The minimum absolute atomic E-state index is 0.406. The van der Waals surface area contributed by atoms with Crippen LogP contribution in [0.25, 0.3) is 11.1 Å². The molecule has 0 saturated carbocycles. The van der Waals surface area contributed by atoms with Crippen molar-refractivity contribution in [3.8, 4) is 11.1 Å². The van der Waals surface area contributed by atoms with Gasteiger partial charge in [0, 0.05) is 0 Å². The maximum atomic E-state index is 7.68. The Kier molecular flexibility index (Phi) is 4.59. The Morgan fingerprint density at radius 1 is 0.778 bits per heavy atom. The number of hydrogen-bond donors (Lipinski definition) is 2. The van der Waals surface area contributed by atoms with Crippen LogP contribution in [0, 0.1) is 0 Å². The Labute approximate surface area is 108 Å². The molecule has 0 aromatic heterocycles. The molecule has 0 aliphatic heterocycles. The first kappa shape index (κ1) is 12.9. The molecule has 3 rings (SSSR count). The van der Waals surface area contributed by atoms with Crippen molar-refractivity contribution in [1.82, 2.24) is 0 Å². The molecular formula is C13H14B2O3. The molecule has 1 aliphatic rings. The van der Waals surface area contributed by atoms with Gasteiger partial charge in [-0.3, -0.25) is 0 Å². The predicted octanol–water partition coefficient (Wildman–Crippen LogP) is 0.778. The smallest absolute Gasteiger partial charge is 0.421 e. The van der Waals surface area contributed by atoms with Crippen molar-refractivity contribution in [2.45, 2.75) is 6.42 Å². The van der Waals surface area contributed by atoms with E-state index in [1.54, 1.807) is 0 Å². The molecule has 2 aromatic rings. The lowest BCUT2D eigenvalue weighted by molar-refractivity contribution is 0.408. The number of benzene rings is 2. The summed E-state index contributed by atoms with van der Waals surface area (Å²) < 4.78 is 3.94. The zero-order valence-electron chi connectivity index (χ0n) is 10.0. The fourth-order valence-electron chi connectivity index (χ4n) is 2.12. The SMILES string of the molecule is OBOBO.c1ccc2c(c1)Cc1ccccc1-2. The highest BCUT2D eigenvalue weighted by atomic mass is 16.5. The van der Waals surface area contributed by atoms with Crippen LogP contribution >= 0.6 is 0 Å². The standard InChI is InChI=1S/C13H10.B2H4O3/c1-3-7-12-10(5-1)9-11-6-2-4-8-13(11)12;3-1-5-2-4/h1-8H,9H2;1-4H. The molecule has 0 bridgehead atoms. The Balaban J connectivity index is 0.000000209. The molecule has 0 unspecified atom stereocenters. The van der Waals surface area contributed by atoms with E-state index < -0.39 is 15.4 Å². The fourth-order valence-corrected chi connectivity index (χ4v) is 2.12. The van der Waals surface area contributed by atoms with Crippen LogP contribution in [0.5, 0.6) is 0 Å². The van der Waals surface area contributed by atoms with Gasteiger partial charge in [-0.05, 0) is 28.7 Å².